The molecule has 30 heavy (non-hydrogen) atoms. The summed E-state index contributed by atoms with van der Waals surface area (Å²) in [4.78, 5) is 38.1. The topological polar surface area (TPSA) is 102 Å². The highest BCUT2D eigenvalue weighted by Crippen LogP contribution is 2.36. The number of piperidine rings is 1. The molecule has 2 aliphatic heterocycles. The Hall–Kier alpha value is -3.67. The van der Waals surface area contributed by atoms with E-state index in [0.29, 0.717) is 22.4 Å². The number of rotatable bonds is 4. The maximum Gasteiger partial charge on any atom is 0.254 e. The van der Waals surface area contributed by atoms with Crippen molar-refractivity contribution in [2.75, 3.05) is 5.32 Å². The summed E-state index contributed by atoms with van der Waals surface area (Å²) in [5, 5.41) is 14.3. The zero-order chi connectivity index (χ0) is 21.5. The van der Waals surface area contributed by atoms with E-state index in [0.717, 1.165) is 0 Å². The van der Waals surface area contributed by atoms with Gasteiger partial charge in [0.1, 0.15) is 19.7 Å². The Balaban J connectivity index is 1.59. The molecule has 3 amide bonds. The molecule has 9 heteroatoms. The van der Waals surface area contributed by atoms with Gasteiger partial charge in [0.2, 0.25) is 11.8 Å². The fourth-order valence-electron chi connectivity index (χ4n) is 3.79. The first-order chi connectivity index (χ1) is 14.3. The second-order valence-corrected chi connectivity index (χ2v) is 7.27. The largest absolute Gasteiger partial charge is 0.381 e. The van der Waals surface area contributed by atoms with Crippen molar-refractivity contribution in [3.63, 3.8) is 0 Å². The van der Waals surface area contributed by atoms with Crippen molar-refractivity contribution in [3.05, 3.63) is 64.5 Å². The molecule has 2 heterocycles. The molecule has 0 bridgehead atoms. The third kappa shape index (κ3) is 3.10. The van der Waals surface area contributed by atoms with Crippen molar-refractivity contribution >= 4 is 31.3 Å². The van der Waals surface area contributed by atoms with Gasteiger partial charge in [0, 0.05) is 41.9 Å². The minimum Gasteiger partial charge on any atom is -0.381 e. The highest BCUT2D eigenvalue weighted by atomic mass is 19.1. The summed E-state index contributed by atoms with van der Waals surface area (Å²) in [6, 6.07) is 11.4. The van der Waals surface area contributed by atoms with Crippen LogP contribution in [0.2, 0.25) is 0 Å². The van der Waals surface area contributed by atoms with Crippen molar-refractivity contribution in [3.8, 4) is 6.07 Å². The SMILES string of the molecule is [B]C1(N2Cc3c(NCc4cccc(C#N)c4F)cccc3C2=O)CCC(=O)NC1=O. The molecule has 2 aromatic rings. The van der Waals surface area contributed by atoms with Gasteiger partial charge in [-0.3, -0.25) is 19.7 Å². The number of nitriles is 1. The van der Waals surface area contributed by atoms with E-state index in [1.165, 1.54) is 11.0 Å². The number of hydrogen-bond donors (Lipinski definition) is 2. The molecule has 148 valence electrons. The van der Waals surface area contributed by atoms with Gasteiger partial charge in [-0.1, -0.05) is 18.2 Å². The van der Waals surface area contributed by atoms with E-state index in [2.05, 4.69) is 10.6 Å². The average Bonchev–Trinajstić information content (AvgIpc) is 3.08. The van der Waals surface area contributed by atoms with Crippen LogP contribution in [-0.4, -0.2) is 35.9 Å². The van der Waals surface area contributed by atoms with Crippen LogP contribution >= 0.6 is 0 Å². The number of imide groups is 1. The Bertz CT molecular complexity index is 1130. The number of fused-ring (bicyclic) bond motifs is 1. The van der Waals surface area contributed by atoms with Crippen LogP contribution in [0.5, 0.6) is 0 Å². The quantitative estimate of drug-likeness (QED) is 0.597. The van der Waals surface area contributed by atoms with E-state index in [4.69, 9.17) is 13.1 Å². The van der Waals surface area contributed by atoms with Crippen molar-refractivity contribution < 1.29 is 18.8 Å². The van der Waals surface area contributed by atoms with E-state index in [1.807, 2.05) is 0 Å². The first-order valence-corrected chi connectivity index (χ1v) is 9.33. The predicted molar refractivity (Wildman–Crippen MR) is 106 cm³/mol. The number of nitrogens with zero attached hydrogens (tertiary/aromatic N) is 2. The first-order valence-electron chi connectivity index (χ1n) is 9.33. The van der Waals surface area contributed by atoms with Gasteiger partial charge in [-0.25, -0.2) is 4.39 Å². The van der Waals surface area contributed by atoms with Crippen molar-refractivity contribution in [2.24, 2.45) is 0 Å². The molecule has 1 fully saturated rings. The van der Waals surface area contributed by atoms with E-state index in [-0.39, 0.29) is 31.5 Å². The minimum atomic E-state index is -1.62. The minimum absolute atomic E-state index is 0.0340. The second kappa shape index (κ2) is 7.30. The fraction of sp³-hybridized carbons (Fsp3) is 0.238. The van der Waals surface area contributed by atoms with Gasteiger partial charge in [-0.2, -0.15) is 5.26 Å². The summed E-state index contributed by atoms with van der Waals surface area (Å²) in [5.41, 5.74) is 0.273. The van der Waals surface area contributed by atoms with E-state index < -0.39 is 29.0 Å². The van der Waals surface area contributed by atoms with Crippen LogP contribution in [0.15, 0.2) is 36.4 Å². The average molecular weight is 402 g/mol. The highest BCUT2D eigenvalue weighted by molar-refractivity contribution is 6.32. The number of hydrogen-bond acceptors (Lipinski definition) is 5. The van der Waals surface area contributed by atoms with Crippen LogP contribution in [0.3, 0.4) is 0 Å². The van der Waals surface area contributed by atoms with E-state index >= 15 is 0 Å². The standard InChI is InChI=1S/C21H16BFN4O3/c22-21(8-7-17(28)26-20(21)30)27-11-15-14(19(27)29)5-2-6-16(15)25-10-13-4-1-3-12(9-24)18(13)23/h1-6,25H,7-8,10-11H2,(H,26,28,30). The number of nitrogens with one attached hydrogen (secondary N) is 2. The molecule has 0 aromatic heterocycles. The highest BCUT2D eigenvalue weighted by Gasteiger charge is 2.48. The summed E-state index contributed by atoms with van der Waals surface area (Å²) in [5.74, 6) is -2.13. The van der Waals surface area contributed by atoms with Crippen molar-refractivity contribution in [2.45, 2.75) is 31.4 Å². The molecular formula is C21H16BFN4O3. The molecule has 0 saturated carbocycles. The lowest BCUT2D eigenvalue weighted by Crippen LogP contribution is -2.63. The number of anilines is 1. The molecule has 1 saturated heterocycles. The molecule has 1 atom stereocenters. The van der Waals surface area contributed by atoms with E-state index in [1.54, 1.807) is 36.4 Å². The number of amides is 3. The molecule has 1 unspecified atom stereocenters. The van der Waals surface area contributed by atoms with Gasteiger partial charge < -0.3 is 10.2 Å². The monoisotopic (exact) mass is 402 g/mol. The summed E-state index contributed by atoms with van der Waals surface area (Å²) in [7, 11) is 6.25. The summed E-state index contributed by atoms with van der Waals surface area (Å²) < 4.78 is 14.3. The van der Waals surface area contributed by atoms with Gasteiger partial charge in [0.05, 0.1) is 11.0 Å². The fourth-order valence-corrected chi connectivity index (χ4v) is 3.79. The molecule has 2 N–H and O–H groups in total. The maximum atomic E-state index is 14.3. The Morgan fingerprint density at radius 2 is 2.00 bits per heavy atom. The lowest BCUT2D eigenvalue weighted by atomic mass is 9.70. The smallest absolute Gasteiger partial charge is 0.254 e. The second-order valence-electron chi connectivity index (χ2n) is 7.27. The number of carbonyl (C=O) groups is 3. The Morgan fingerprint density at radius 3 is 2.73 bits per heavy atom. The summed E-state index contributed by atoms with van der Waals surface area (Å²) >= 11 is 0. The van der Waals surface area contributed by atoms with Gasteiger partial charge >= 0.3 is 0 Å². The van der Waals surface area contributed by atoms with Crippen LogP contribution in [0.1, 0.15) is 39.9 Å². The molecule has 0 spiro atoms. The Morgan fingerprint density at radius 1 is 1.23 bits per heavy atom. The zero-order valence-electron chi connectivity index (χ0n) is 15.9. The number of carbonyl (C=O) groups excluding carboxylic acids is 3. The zero-order valence-corrected chi connectivity index (χ0v) is 15.9. The lowest BCUT2D eigenvalue weighted by molar-refractivity contribution is -0.138. The van der Waals surface area contributed by atoms with Crippen LogP contribution in [0.25, 0.3) is 0 Å². The number of halogens is 1. The molecule has 2 aromatic carbocycles. The lowest BCUT2D eigenvalue weighted by Gasteiger charge is -2.40. The van der Waals surface area contributed by atoms with Crippen LogP contribution < -0.4 is 10.6 Å². The maximum absolute atomic E-state index is 14.3. The molecule has 2 aliphatic rings. The third-order valence-electron chi connectivity index (χ3n) is 5.50. The number of benzene rings is 2. The summed E-state index contributed by atoms with van der Waals surface area (Å²) in [6.45, 7) is 0.185. The van der Waals surface area contributed by atoms with Crippen LogP contribution in [0, 0.1) is 17.1 Å². The van der Waals surface area contributed by atoms with Gasteiger partial charge in [0.25, 0.3) is 5.91 Å². The third-order valence-corrected chi connectivity index (χ3v) is 5.50. The van der Waals surface area contributed by atoms with Crippen molar-refractivity contribution in [1.29, 1.82) is 5.26 Å². The first kappa shape index (κ1) is 19.6. The summed E-state index contributed by atoms with van der Waals surface area (Å²) in [6.07, 6.45) is 0.0777. The van der Waals surface area contributed by atoms with Crippen LogP contribution in [0.4, 0.5) is 10.1 Å². The van der Waals surface area contributed by atoms with E-state index in [9.17, 15) is 18.8 Å². The van der Waals surface area contributed by atoms with Crippen LogP contribution in [-0.2, 0) is 22.7 Å². The molecule has 4 rings (SSSR count). The normalized spacial score (nSPS) is 20.5. The predicted octanol–water partition coefficient (Wildman–Crippen LogP) is 1.57. The molecule has 2 radical (unpaired) electrons. The van der Waals surface area contributed by atoms with Gasteiger partial charge in [0.15, 0.2) is 0 Å². The molecular weight excluding hydrogens is 386 g/mol. The van der Waals surface area contributed by atoms with Gasteiger partial charge in [-0.05, 0) is 24.6 Å². The molecule has 7 nitrogen and oxygen atoms in total. The Kier molecular flexibility index (Phi) is 4.78. The van der Waals surface area contributed by atoms with Crippen molar-refractivity contribution in [1.82, 2.24) is 10.2 Å². The molecule has 0 aliphatic carbocycles. The van der Waals surface area contributed by atoms with Gasteiger partial charge in [-0.15, -0.1) is 0 Å². The Labute approximate surface area is 173 Å².